The van der Waals surface area contributed by atoms with E-state index in [-0.39, 0.29) is 24.1 Å². The molecule has 7 rings (SSSR count). The normalized spacial score (nSPS) is 34.5. The molecular formula is C28H31N3O4. The summed E-state index contributed by atoms with van der Waals surface area (Å²) in [6.07, 6.45) is 5.68. The maximum absolute atomic E-state index is 13.1. The zero-order valence-corrected chi connectivity index (χ0v) is 19.7. The largest absolute Gasteiger partial charge is 0.485 e. The van der Waals surface area contributed by atoms with Crippen LogP contribution in [0, 0.1) is 5.92 Å². The Morgan fingerprint density at radius 2 is 1.97 bits per heavy atom. The SMILES string of the molecule is O=CNc1ccc2c3c1OC1C(NC(=O)c4ccccc4)CC[C@@]4(O)[C@@H](C2)N(CC2CC2)CC[C@]314. The van der Waals surface area contributed by atoms with E-state index in [1.165, 1.54) is 18.4 Å². The Morgan fingerprint density at radius 3 is 2.74 bits per heavy atom. The number of piperidine rings is 1. The highest BCUT2D eigenvalue weighted by molar-refractivity contribution is 5.94. The highest BCUT2D eigenvalue weighted by Crippen LogP contribution is 2.65. The van der Waals surface area contributed by atoms with E-state index in [1.54, 1.807) is 0 Å². The van der Waals surface area contributed by atoms with Gasteiger partial charge in [-0.2, -0.15) is 0 Å². The molecule has 3 aliphatic carbocycles. The summed E-state index contributed by atoms with van der Waals surface area (Å²) in [6, 6.07) is 13.1. The van der Waals surface area contributed by atoms with Gasteiger partial charge in [-0.3, -0.25) is 14.5 Å². The van der Waals surface area contributed by atoms with Gasteiger partial charge in [-0.05, 0) is 74.8 Å². The molecule has 2 saturated carbocycles. The number of nitrogens with one attached hydrogen (secondary N) is 2. The fraction of sp³-hybridized carbons (Fsp3) is 0.500. The van der Waals surface area contributed by atoms with Gasteiger partial charge < -0.3 is 20.5 Å². The maximum Gasteiger partial charge on any atom is 0.251 e. The van der Waals surface area contributed by atoms with E-state index in [1.807, 2.05) is 36.4 Å². The Balaban J connectivity index is 1.32. The summed E-state index contributed by atoms with van der Waals surface area (Å²) >= 11 is 0. The van der Waals surface area contributed by atoms with E-state index in [0.29, 0.717) is 36.3 Å². The van der Waals surface area contributed by atoms with E-state index in [9.17, 15) is 14.7 Å². The molecular weight excluding hydrogens is 442 g/mol. The van der Waals surface area contributed by atoms with E-state index in [0.717, 1.165) is 37.4 Å². The van der Waals surface area contributed by atoms with Crippen molar-refractivity contribution < 1.29 is 19.4 Å². The third kappa shape index (κ3) is 2.91. The summed E-state index contributed by atoms with van der Waals surface area (Å²) in [4.78, 5) is 27.0. The molecule has 2 amide bonds. The average Bonchev–Trinajstić information content (AvgIpc) is 3.61. The summed E-state index contributed by atoms with van der Waals surface area (Å²) in [5, 5.41) is 18.6. The number of carbonyl (C=O) groups is 2. The lowest BCUT2D eigenvalue weighted by molar-refractivity contribution is -0.191. The van der Waals surface area contributed by atoms with Crippen LogP contribution in [0.15, 0.2) is 42.5 Å². The van der Waals surface area contributed by atoms with E-state index in [4.69, 9.17) is 4.74 Å². The van der Waals surface area contributed by atoms with Crippen LogP contribution in [0.25, 0.3) is 0 Å². The standard InChI is InChI=1S/C28H31N3O4/c32-16-29-20-9-8-19-14-22-28(34)11-10-21(30-26(33)18-4-2-1-3-5-18)25-27(28,23(19)24(20)35-25)12-13-31(22)15-17-6-7-17/h1-5,8-9,16-17,21-22,25,34H,6-7,10-15H2,(H,29,32)(H,30,33)/t21?,22-,25?,27+,28-/m1/s1. The van der Waals surface area contributed by atoms with Crippen molar-refractivity contribution in [2.45, 2.75) is 67.7 Å². The van der Waals surface area contributed by atoms with Gasteiger partial charge >= 0.3 is 0 Å². The molecule has 2 aromatic rings. The van der Waals surface area contributed by atoms with Gasteiger partial charge in [0.25, 0.3) is 5.91 Å². The molecule has 5 atom stereocenters. The Bertz CT molecular complexity index is 1200. The summed E-state index contributed by atoms with van der Waals surface area (Å²) in [5.74, 6) is 1.30. The zero-order valence-electron chi connectivity index (χ0n) is 19.7. The number of aliphatic hydroxyl groups is 1. The van der Waals surface area contributed by atoms with E-state index < -0.39 is 11.0 Å². The number of benzene rings is 2. The fourth-order valence-electron chi connectivity index (χ4n) is 7.66. The first kappa shape index (κ1) is 21.4. The highest BCUT2D eigenvalue weighted by atomic mass is 16.5. The second-order valence-corrected chi connectivity index (χ2v) is 11.1. The second-order valence-electron chi connectivity index (χ2n) is 11.1. The van der Waals surface area contributed by atoms with Crippen LogP contribution in [-0.4, -0.2) is 59.2 Å². The molecule has 3 N–H and O–H groups in total. The van der Waals surface area contributed by atoms with Crippen molar-refractivity contribution >= 4 is 18.0 Å². The third-order valence-corrected chi connectivity index (χ3v) is 9.35. The number of amides is 2. The number of hydrogen-bond donors (Lipinski definition) is 3. The Kier molecular flexibility index (Phi) is 4.61. The summed E-state index contributed by atoms with van der Waals surface area (Å²) in [6.45, 7) is 1.96. The number of rotatable bonds is 6. The highest BCUT2D eigenvalue weighted by Gasteiger charge is 2.73. The predicted octanol–water partition coefficient (Wildman–Crippen LogP) is 2.62. The number of ether oxygens (including phenoxy) is 1. The van der Waals surface area contributed by atoms with Gasteiger partial charge in [-0.1, -0.05) is 24.3 Å². The van der Waals surface area contributed by atoms with E-state index in [2.05, 4.69) is 21.6 Å². The quantitative estimate of drug-likeness (QED) is 0.561. The molecule has 2 aliphatic heterocycles. The monoisotopic (exact) mass is 473 g/mol. The molecule has 1 saturated heterocycles. The first-order chi connectivity index (χ1) is 17.0. The first-order valence-corrected chi connectivity index (χ1v) is 12.9. The van der Waals surface area contributed by atoms with Crippen molar-refractivity contribution in [3.8, 4) is 5.75 Å². The molecule has 3 fully saturated rings. The third-order valence-electron chi connectivity index (χ3n) is 9.35. The van der Waals surface area contributed by atoms with Crippen molar-refractivity contribution in [2.75, 3.05) is 18.4 Å². The van der Waals surface area contributed by atoms with Gasteiger partial charge in [0.2, 0.25) is 6.41 Å². The molecule has 35 heavy (non-hydrogen) atoms. The summed E-state index contributed by atoms with van der Waals surface area (Å²) in [7, 11) is 0. The molecule has 0 aromatic heterocycles. The van der Waals surface area contributed by atoms with Crippen LogP contribution >= 0.6 is 0 Å². The molecule has 2 unspecified atom stereocenters. The summed E-state index contributed by atoms with van der Waals surface area (Å²) in [5.41, 5.74) is 1.97. The van der Waals surface area contributed by atoms with Crippen LogP contribution in [0.3, 0.4) is 0 Å². The second kappa shape index (κ2) is 7.55. The van der Waals surface area contributed by atoms with Crippen molar-refractivity contribution in [3.63, 3.8) is 0 Å². The Morgan fingerprint density at radius 1 is 1.14 bits per heavy atom. The van der Waals surface area contributed by atoms with Gasteiger partial charge in [0.15, 0.2) is 0 Å². The zero-order chi connectivity index (χ0) is 23.8. The molecule has 2 aromatic carbocycles. The van der Waals surface area contributed by atoms with Crippen molar-refractivity contribution in [2.24, 2.45) is 5.92 Å². The number of carbonyl (C=O) groups excluding carboxylic acids is 2. The molecule has 2 heterocycles. The maximum atomic E-state index is 13.1. The van der Waals surface area contributed by atoms with Gasteiger partial charge in [0.05, 0.1) is 22.7 Å². The van der Waals surface area contributed by atoms with Crippen LogP contribution in [0.5, 0.6) is 5.75 Å². The van der Waals surface area contributed by atoms with Crippen LogP contribution < -0.4 is 15.4 Å². The minimum atomic E-state index is -0.934. The lowest BCUT2D eigenvalue weighted by Gasteiger charge is -2.64. The lowest BCUT2D eigenvalue weighted by atomic mass is 9.48. The van der Waals surface area contributed by atoms with Crippen molar-refractivity contribution in [1.29, 1.82) is 0 Å². The number of likely N-dealkylation sites (tertiary alicyclic amines) is 1. The molecule has 5 aliphatic rings. The van der Waals surface area contributed by atoms with Crippen LogP contribution in [0.4, 0.5) is 5.69 Å². The van der Waals surface area contributed by atoms with Gasteiger partial charge in [-0.15, -0.1) is 0 Å². The number of anilines is 1. The average molecular weight is 474 g/mol. The molecule has 182 valence electrons. The Hall–Kier alpha value is -2.90. The molecule has 2 bridgehead atoms. The molecule has 1 spiro atoms. The van der Waals surface area contributed by atoms with Gasteiger partial charge in [0.1, 0.15) is 11.9 Å². The molecule has 7 nitrogen and oxygen atoms in total. The first-order valence-electron chi connectivity index (χ1n) is 12.9. The predicted molar refractivity (Wildman–Crippen MR) is 131 cm³/mol. The molecule has 0 radical (unpaired) electrons. The molecule has 7 heteroatoms. The van der Waals surface area contributed by atoms with Gasteiger partial charge in [-0.25, -0.2) is 0 Å². The lowest BCUT2D eigenvalue weighted by Crippen LogP contribution is -2.78. The number of nitrogens with zero attached hydrogens (tertiary/aromatic N) is 1. The Labute approximate surface area is 204 Å². The minimum Gasteiger partial charge on any atom is -0.485 e. The van der Waals surface area contributed by atoms with Crippen molar-refractivity contribution in [3.05, 3.63) is 59.2 Å². The topological polar surface area (TPSA) is 90.9 Å². The van der Waals surface area contributed by atoms with Crippen LogP contribution in [-0.2, 0) is 16.6 Å². The van der Waals surface area contributed by atoms with Crippen LogP contribution in [0.1, 0.15) is 53.6 Å². The summed E-state index contributed by atoms with van der Waals surface area (Å²) < 4.78 is 6.69. The van der Waals surface area contributed by atoms with Gasteiger partial charge in [0, 0.05) is 23.7 Å². The van der Waals surface area contributed by atoms with Crippen molar-refractivity contribution in [1.82, 2.24) is 10.2 Å². The fourth-order valence-corrected chi connectivity index (χ4v) is 7.66. The van der Waals surface area contributed by atoms with Crippen LogP contribution in [0.2, 0.25) is 0 Å². The smallest absolute Gasteiger partial charge is 0.251 e. The van der Waals surface area contributed by atoms with E-state index >= 15 is 0 Å². The number of hydrogen-bond acceptors (Lipinski definition) is 5. The minimum absolute atomic E-state index is 0.0389.